The van der Waals surface area contributed by atoms with Crippen LogP contribution in [0.25, 0.3) is 0 Å². The molecule has 0 saturated carbocycles. The standard InChI is InChI=1S/C25H28FNO4S/c1-17-5-11-24(12-6-17)32(29,30)27(22-9-7-21(26)8-10-22)15-23(28)16-31-25-19(3)13-18(2)14-20(25)4/h5-14,23,28H,15-16H2,1-4H3/t23-/m0/s1. The Morgan fingerprint density at radius 2 is 1.47 bits per heavy atom. The van der Waals surface area contributed by atoms with Gasteiger partial charge in [-0.05, 0) is 75.2 Å². The summed E-state index contributed by atoms with van der Waals surface area (Å²) in [6, 6.07) is 15.6. The SMILES string of the molecule is Cc1ccc(S(=O)(=O)N(C[C@H](O)COc2c(C)cc(C)cc2C)c2ccc(F)cc2)cc1. The minimum Gasteiger partial charge on any atom is -0.490 e. The molecule has 0 heterocycles. The number of hydrogen-bond acceptors (Lipinski definition) is 4. The number of anilines is 1. The van der Waals surface area contributed by atoms with Crippen LogP contribution >= 0.6 is 0 Å². The summed E-state index contributed by atoms with van der Waals surface area (Å²) < 4.78 is 47.1. The Morgan fingerprint density at radius 3 is 2.03 bits per heavy atom. The number of halogens is 1. The van der Waals surface area contributed by atoms with Crippen LogP contribution in [0.3, 0.4) is 0 Å². The molecule has 3 rings (SSSR count). The lowest BCUT2D eigenvalue weighted by Gasteiger charge is -2.27. The maximum atomic E-state index is 13.5. The highest BCUT2D eigenvalue weighted by atomic mass is 32.2. The molecule has 0 spiro atoms. The molecule has 0 aliphatic heterocycles. The van der Waals surface area contributed by atoms with Crippen molar-refractivity contribution in [1.29, 1.82) is 0 Å². The first-order chi connectivity index (χ1) is 15.1. The first kappa shape index (κ1) is 23.8. The molecule has 0 radical (unpaired) electrons. The minimum atomic E-state index is -3.99. The predicted molar refractivity (Wildman–Crippen MR) is 124 cm³/mol. The van der Waals surface area contributed by atoms with Crippen molar-refractivity contribution in [2.75, 3.05) is 17.5 Å². The van der Waals surface area contributed by atoms with Gasteiger partial charge in [-0.15, -0.1) is 0 Å². The summed E-state index contributed by atoms with van der Waals surface area (Å²) in [4.78, 5) is 0.0887. The Labute approximate surface area is 189 Å². The molecule has 5 nitrogen and oxygen atoms in total. The van der Waals surface area contributed by atoms with E-state index in [9.17, 15) is 17.9 Å². The molecule has 0 saturated heterocycles. The Bertz CT molecular complexity index is 1150. The first-order valence-corrected chi connectivity index (χ1v) is 11.8. The molecule has 3 aromatic carbocycles. The van der Waals surface area contributed by atoms with Gasteiger partial charge in [-0.25, -0.2) is 12.8 Å². The molecule has 32 heavy (non-hydrogen) atoms. The summed E-state index contributed by atoms with van der Waals surface area (Å²) in [5.41, 5.74) is 4.18. The number of aliphatic hydroxyl groups excluding tert-OH is 1. The van der Waals surface area contributed by atoms with E-state index in [4.69, 9.17) is 4.74 Å². The second-order valence-corrected chi connectivity index (χ2v) is 9.88. The zero-order valence-corrected chi connectivity index (χ0v) is 19.5. The lowest BCUT2D eigenvalue weighted by molar-refractivity contribution is 0.114. The van der Waals surface area contributed by atoms with Crippen LogP contribution in [0.2, 0.25) is 0 Å². The number of sulfonamides is 1. The quantitative estimate of drug-likeness (QED) is 0.533. The summed E-state index contributed by atoms with van der Waals surface area (Å²) in [5, 5.41) is 10.7. The van der Waals surface area contributed by atoms with Crippen LogP contribution in [0.1, 0.15) is 22.3 Å². The minimum absolute atomic E-state index is 0.0887. The zero-order valence-electron chi connectivity index (χ0n) is 18.7. The second-order valence-electron chi connectivity index (χ2n) is 8.02. The molecular weight excluding hydrogens is 429 g/mol. The fraction of sp³-hybridized carbons (Fsp3) is 0.280. The van der Waals surface area contributed by atoms with E-state index < -0.39 is 21.9 Å². The first-order valence-electron chi connectivity index (χ1n) is 10.3. The number of aliphatic hydroxyl groups is 1. The van der Waals surface area contributed by atoms with Crippen molar-refractivity contribution in [3.05, 3.63) is 88.7 Å². The summed E-state index contributed by atoms with van der Waals surface area (Å²) >= 11 is 0. The molecule has 0 unspecified atom stereocenters. The van der Waals surface area contributed by atoms with Gasteiger partial charge in [0.25, 0.3) is 10.0 Å². The molecule has 0 aromatic heterocycles. The highest BCUT2D eigenvalue weighted by Gasteiger charge is 2.27. The number of nitrogens with zero attached hydrogens (tertiary/aromatic N) is 1. The maximum Gasteiger partial charge on any atom is 0.264 e. The number of benzene rings is 3. The number of rotatable bonds is 8. The van der Waals surface area contributed by atoms with Crippen molar-refractivity contribution in [2.45, 2.75) is 38.7 Å². The average Bonchev–Trinajstić information content (AvgIpc) is 2.72. The van der Waals surface area contributed by atoms with Crippen molar-refractivity contribution in [3.8, 4) is 5.75 Å². The van der Waals surface area contributed by atoms with Gasteiger partial charge in [0.1, 0.15) is 24.3 Å². The molecule has 1 N–H and O–H groups in total. The van der Waals surface area contributed by atoms with Gasteiger partial charge in [-0.1, -0.05) is 35.4 Å². The third-order valence-electron chi connectivity index (χ3n) is 5.12. The molecule has 7 heteroatoms. The van der Waals surface area contributed by atoms with Gasteiger partial charge in [0.15, 0.2) is 0 Å². The molecule has 0 fully saturated rings. The molecule has 0 aliphatic carbocycles. The van der Waals surface area contributed by atoms with Crippen molar-refractivity contribution < 1.29 is 22.7 Å². The molecule has 1 atom stereocenters. The molecule has 170 valence electrons. The molecule has 0 bridgehead atoms. The van der Waals surface area contributed by atoms with Crippen LogP contribution in [-0.2, 0) is 10.0 Å². The summed E-state index contributed by atoms with van der Waals surface area (Å²) in [6.45, 7) is 7.37. The lowest BCUT2D eigenvalue weighted by atomic mass is 10.1. The monoisotopic (exact) mass is 457 g/mol. The third-order valence-corrected chi connectivity index (χ3v) is 6.93. The smallest absolute Gasteiger partial charge is 0.264 e. The van der Waals surface area contributed by atoms with Gasteiger partial charge in [-0.2, -0.15) is 0 Å². The van der Waals surface area contributed by atoms with Crippen LogP contribution in [0.5, 0.6) is 5.75 Å². The van der Waals surface area contributed by atoms with E-state index in [1.807, 2.05) is 39.8 Å². The molecular formula is C25H28FNO4S. The Hall–Kier alpha value is -2.90. The Kier molecular flexibility index (Phi) is 7.21. The largest absolute Gasteiger partial charge is 0.490 e. The normalized spacial score (nSPS) is 12.4. The third kappa shape index (κ3) is 5.47. The van der Waals surface area contributed by atoms with Gasteiger partial charge in [0.2, 0.25) is 0 Å². The highest BCUT2D eigenvalue weighted by Crippen LogP contribution is 2.27. The number of hydrogen-bond donors (Lipinski definition) is 1. The Balaban J connectivity index is 1.86. The van der Waals surface area contributed by atoms with Crippen LogP contribution in [0.4, 0.5) is 10.1 Å². The second kappa shape index (κ2) is 9.71. The lowest BCUT2D eigenvalue weighted by Crippen LogP contribution is -2.40. The van der Waals surface area contributed by atoms with Crippen LogP contribution in [-0.4, -0.2) is 32.8 Å². The van der Waals surface area contributed by atoms with E-state index in [1.165, 1.54) is 36.4 Å². The number of ether oxygens (including phenoxy) is 1. The van der Waals surface area contributed by atoms with E-state index in [2.05, 4.69) is 0 Å². The maximum absolute atomic E-state index is 13.5. The summed E-state index contributed by atoms with van der Waals surface area (Å²) in [7, 11) is -3.99. The van der Waals surface area contributed by atoms with Crippen molar-refractivity contribution >= 4 is 15.7 Å². The van der Waals surface area contributed by atoms with Crippen molar-refractivity contribution in [1.82, 2.24) is 0 Å². The summed E-state index contributed by atoms with van der Waals surface area (Å²) in [6.07, 6.45) is -1.11. The van der Waals surface area contributed by atoms with E-state index in [0.717, 1.165) is 26.6 Å². The topological polar surface area (TPSA) is 66.8 Å². The van der Waals surface area contributed by atoms with Crippen LogP contribution in [0.15, 0.2) is 65.6 Å². The van der Waals surface area contributed by atoms with Gasteiger partial charge < -0.3 is 9.84 Å². The Morgan fingerprint density at radius 1 is 0.906 bits per heavy atom. The van der Waals surface area contributed by atoms with Crippen LogP contribution in [0, 0.1) is 33.5 Å². The van der Waals surface area contributed by atoms with Crippen LogP contribution < -0.4 is 9.04 Å². The van der Waals surface area contributed by atoms with E-state index in [0.29, 0.717) is 5.75 Å². The molecule has 0 aliphatic rings. The van der Waals surface area contributed by atoms with Crippen molar-refractivity contribution in [2.24, 2.45) is 0 Å². The van der Waals surface area contributed by atoms with E-state index in [-0.39, 0.29) is 23.7 Å². The number of aryl methyl sites for hydroxylation is 4. The van der Waals surface area contributed by atoms with E-state index >= 15 is 0 Å². The fourth-order valence-corrected chi connectivity index (χ4v) is 5.11. The van der Waals surface area contributed by atoms with Gasteiger partial charge in [-0.3, -0.25) is 4.31 Å². The summed E-state index contributed by atoms with van der Waals surface area (Å²) in [5.74, 6) is 0.194. The molecule has 3 aromatic rings. The fourth-order valence-electron chi connectivity index (χ4n) is 3.61. The highest BCUT2D eigenvalue weighted by molar-refractivity contribution is 7.92. The average molecular weight is 458 g/mol. The van der Waals surface area contributed by atoms with Gasteiger partial charge in [0.05, 0.1) is 17.1 Å². The van der Waals surface area contributed by atoms with E-state index in [1.54, 1.807) is 12.1 Å². The van der Waals surface area contributed by atoms with Gasteiger partial charge in [0, 0.05) is 0 Å². The van der Waals surface area contributed by atoms with Crippen molar-refractivity contribution in [3.63, 3.8) is 0 Å². The molecule has 0 amide bonds. The zero-order chi connectivity index (χ0) is 23.5. The van der Waals surface area contributed by atoms with Gasteiger partial charge >= 0.3 is 0 Å². The predicted octanol–water partition coefficient (Wildman–Crippen LogP) is 4.69.